The maximum atomic E-state index is 12.8. The van der Waals surface area contributed by atoms with Crippen molar-refractivity contribution >= 4 is 0 Å². The van der Waals surface area contributed by atoms with Crippen molar-refractivity contribution in [2.24, 2.45) is 5.92 Å². The van der Waals surface area contributed by atoms with E-state index in [2.05, 4.69) is 17.2 Å². The maximum absolute atomic E-state index is 12.8. The summed E-state index contributed by atoms with van der Waals surface area (Å²) in [5.41, 5.74) is 0.839. The number of aromatic nitrogens is 1. The third-order valence-electron chi connectivity index (χ3n) is 2.21. The molecule has 1 heterocycles. The van der Waals surface area contributed by atoms with Crippen LogP contribution < -0.4 is 5.32 Å². The third-order valence-corrected chi connectivity index (χ3v) is 2.21. The average molecular weight is 212 g/mol. The quantitative estimate of drug-likeness (QED) is 0.747. The van der Waals surface area contributed by atoms with E-state index in [-0.39, 0.29) is 12.4 Å². The van der Waals surface area contributed by atoms with Crippen LogP contribution in [0.3, 0.4) is 0 Å². The molecule has 3 nitrogen and oxygen atoms in total. The molecule has 0 bridgehead atoms. The third kappa shape index (κ3) is 4.85. The SMILES string of the molecule is CC(CCO)CNCc1cncc(F)c1. The highest BCUT2D eigenvalue weighted by molar-refractivity contribution is 5.09. The number of nitrogens with one attached hydrogen (secondary N) is 1. The van der Waals surface area contributed by atoms with Gasteiger partial charge in [0.05, 0.1) is 6.20 Å². The summed E-state index contributed by atoms with van der Waals surface area (Å²) in [6.45, 7) is 3.70. The summed E-state index contributed by atoms with van der Waals surface area (Å²) in [5.74, 6) is 0.120. The topological polar surface area (TPSA) is 45.1 Å². The maximum Gasteiger partial charge on any atom is 0.141 e. The van der Waals surface area contributed by atoms with Crippen LogP contribution in [0.2, 0.25) is 0 Å². The number of rotatable bonds is 6. The van der Waals surface area contributed by atoms with Crippen LogP contribution in [-0.2, 0) is 6.54 Å². The number of nitrogens with zero attached hydrogens (tertiary/aromatic N) is 1. The molecule has 1 atom stereocenters. The molecule has 0 aliphatic carbocycles. The molecule has 1 aromatic heterocycles. The van der Waals surface area contributed by atoms with Crippen LogP contribution in [0.25, 0.3) is 0 Å². The Bertz CT molecular complexity index is 294. The van der Waals surface area contributed by atoms with Crippen LogP contribution in [0.5, 0.6) is 0 Å². The Hall–Kier alpha value is -1.00. The largest absolute Gasteiger partial charge is 0.396 e. The minimum Gasteiger partial charge on any atom is -0.396 e. The van der Waals surface area contributed by atoms with Crippen LogP contribution in [0, 0.1) is 11.7 Å². The Balaban J connectivity index is 2.25. The predicted molar refractivity (Wildman–Crippen MR) is 56.8 cm³/mol. The molecule has 15 heavy (non-hydrogen) atoms. The summed E-state index contributed by atoms with van der Waals surface area (Å²) in [4.78, 5) is 3.76. The van der Waals surface area contributed by atoms with Gasteiger partial charge < -0.3 is 10.4 Å². The van der Waals surface area contributed by atoms with Crippen molar-refractivity contribution in [2.45, 2.75) is 19.9 Å². The Kier molecular flexibility index (Phi) is 5.21. The lowest BCUT2D eigenvalue weighted by Crippen LogP contribution is -2.21. The van der Waals surface area contributed by atoms with E-state index >= 15 is 0 Å². The minimum absolute atomic E-state index is 0.213. The zero-order valence-electron chi connectivity index (χ0n) is 8.91. The molecule has 0 saturated heterocycles. The van der Waals surface area contributed by atoms with Crippen molar-refractivity contribution in [3.8, 4) is 0 Å². The van der Waals surface area contributed by atoms with Gasteiger partial charge in [0.2, 0.25) is 0 Å². The average Bonchev–Trinajstić information content (AvgIpc) is 2.18. The monoisotopic (exact) mass is 212 g/mol. The fourth-order valence-electron chi connectivity index (χ4n) is 1.34. The second-order valence-corrected chi connectivity index (χ2v) is 3.76. The van der Waals surface area contributed by atoms with Gasteiger partial charge in [-0.2, -0.15) is 0 Å². The lowest BCUT2D eigenvalue weighted by molar-refractivity contribution is 0.260. The van der Waals surface area contributed by atoms with E-state index in [0.717, 1.165) is 18.5 Å². The van der Waals surface area contributed by atoms with Gasteiger partial charge in [-0.3, -0.25) is 4.98 Å². The molecule has 0 saturated carbocycles. The molecule has 2 N–H and O–H groups in total. The summed E-state index contributed by atoms with van der Waals surface area (Å²) < 4.78 is 12.8. The smallest absolute Gasteiger partial charge is 0.141 e. The first kappa shape index (κ1) is 12.1. The molecule has 0 aromatic carbocycles. The van der Waals surface area contributed by atoms with E-state index in [4.69, 9.17) is 5.11 Å². The fraction of sp³-hybridized carbons (Fsp3) is 0.545. The molecule has 0 amide bonds. The van der Waals surface area contributed by atoms with E-state index in [1.54, 1.807) is 6.20 Å². The molecule has 0 aliphatic rings. The second-order valence-electron chi connectivity index (χ2n) is 3.76. The molecule has 0 fully saturated rings. The zero-order chi connectivity index (χ0) is 11.1. The summed E-state index contributed by atoms with van der Waals surface area (Å²) in [7, 11) is 0. The van der Waals surface area contributed by atoms with Crippen LogP contribution in [0.4, 0.5) is 4.39 Å². The molecule has 1 rings (SSSR count). The van der Waals surface area contributed by atoms with Crippen molar-refractivity contribution < 1.29 is 9.50 Å². The molecule has 0 aliphatic heterocycles. The number of aliphatic hydroxyl groups is 1. The van der Waals surface area contributed by atoms with Gasteiger partial charge in [-0.15, -0.1) is 0 Å². The van der Waals surface area contributed by atoms with E-state index < -0.39 is 0 Å². The first-order valence-corrected chi connectivity index (χ1v) is 5.13. The summed E-state index contributed by atoms with van der Waals surface area (Å²) >= 11 is 0. The molecular weight excluding hydrogens is 195 g/mol. The predicted octanol–water partition coefficient (Wildman–Crippen LogP) is 1.33. The second kappa shape index (κ2) is 6.48. The molecular formula is C11H17FN2O. The fourth-order valence-corrected chi connectivity index (χ4v) is 1.34. The van der Waals surface area contributed by atoms with Gasteiger partial charge in [0, 0.05) is 19.3 Å². The van der Waals surface area contributed by atoms with Crippen LogP contribution in [0.1, 0.15) is 18.9 Å². The van der Waals surface area contributed by atoms with Crippen molar-refractivity contribution in [1.82, 2.24) is 10.3 Å². The number of pyridine rings is 1. The molecule has 1 unspecified atom stereocenters. The van der Waals surface area contributed by atoms with Gasteiger partial charge in [-0.1, -0.05) is 6.92 Å². The Morgan fingerprint density at radius 2 is 2.33 bits per heavy atom. The summed E-state index contributed by atoms with van der Waals surface area (Å²) in [5, 5.41) is 11.9. The summed E-state index contributed by atoms with van der Waals surface area (Å²) in [6, 6.07) is 1.47. The van der Waals surface area contributed by atoms with Crippen molar-refractivity contribution in [3.05, 3.63) is 29.8 Å². The van der Waals surface area contributed by atoms with Gasteiger partial charge >= 0.3 is 0 Å². The Morgan fingerprint density at radius 3 is 3.00 bits per heavy atom. The standard InChI is InChI=1S/C11H17FN2O/c1-9(2-3-15)5-13-6-10-4-11(12)8-14-7-10/h4,7-9,13,15H,2-3,5-6H2,1H3. The van der Waals surface area contributed by atoms with Crippen LogP contribution >= 0.6 is 0 Å². The first-order chi connectivity index (χ1) is 7.22. The zero-order valence-corrected chi connectivity index (χ0v) is 8.91. The molecule has 1 aromatic rings. The molecule has 4 heteroatoms. The lowest BCUT2D eigenvalue weighted by Gasteiger charge is -2.10. The lowest BCUT2D eigenvalue weighted by atomic mass is 10.1. The van der Waals surface area contributed by atoms with E-state index in [9.17, 15) is 4.39 Å². The Morgan fingerprint density at radius 1 is 1.53 bits per heavy atom. The first-order valence-electron chi connectivity index (χ1n) is 5.13. The number of hydrogen-bond donors (Lipinski definition) is 2. The van der Waals surface area contributed by atoms with Gasteiger partial charge in [0.15, 0.2) is 0 Å². The van der Waals surface area contributed by atoms with E-state index in [0.29, 0.717) is 12.5 Å². The van der Waals surface area contributed by atoms with Gasteiger partial charge in [0.25, 0.3) is 0 Å². The van der Waals surface area contributed by atoms with Crippen molar-refractivity contribution in [1.29, 1.82) is 0 Å². The molecule has 84 valence electrons. The number of aliphatic hydroxyl groups excluding tert-OH is 1. The van der Waals surface area contributed by atoms with Crippen LogP contribution in [-0.4, -0.2) is 23.2 Å². The van der Waals surface area contributed by atoms with E-state index in [1.807, 2.05) is 0 Å². The highest BCUT2D eigenvalue weighted by atomic mass is 19.1. The summed E-state index contributed by atoms with van der Waals surface area (Å²) in [6.07, 6.45) is 3.62. The highest BCUT2D eigenvalue weighted by Crippen LogP contribution is 2.02. The normalized spacial score (nSPS) is 12.7. The molecule has 0 radical (unpaired) electrons. The van der Waals surface area contributed by atoms with Crippen molar-refractivity contribution in [3.63, 3.8) is 0 Å². The van der Waals surface area contributed by atoms with Gasteiger partial charge in [-0.25, -0.2) is 4.39 Å². The number of halogens is 1. The Labute approximate surface area is 89.4 Å². The highest BCUT2D eigenvalue weighted by Gasteiger charge is 2.01. The van der Waals surface area contributed by atoms with Gasteiger partial charge in [-0.05, 0) is 30.5 Å². The van der Waals surface area contributed by atoms with E-state index in [1.165, 1.54) is 12.3 Å². The van der Waals surface area contributed by atoms with Gasteiger partial charge in [0.1, 0.15) is 5.82 Å². The molecule has 0 spiro atoms. The van der Waals surface area contributed by atoms with Crippen LogP contribution in [0.15, 0.2) is 18.5 Å². The number of hydrogen-bond acceptors (Lipinski definition) is 3. The van der Waals surface area contributed by atoms with Crippen molar-refractivity contribution in [2.75, 3.05) is 13.2 Å². The minimum atomic E-state index is -0.308.